The molecular weight excluding hydrogens is 336 g/mol. The van der Waals surface area contributed by atoms with Crippen molar-refractivity contribution in [1.82, 2.24) is 5.32 Å². The zero-order valence-corrected chi connectivity index (χ0v) is 13.6. The average molecular weight is 353 g/mol. The molecule has 0 fully saturated rings. The summed E-state index contributed by atoms with van der Waals surface area (Å²) in [5, 5.41) is 2.35. The SMILES string of the molecule is CCOC(=O)C1SC(NC(=O)OC(C)(C)C)=NC1Br. The molecule has 0 spiro atoms. The molecule has 0 aliphatic carbocycles. The molecular formula is C11H17BrN2O4S. The summed E-state index contributed by atoms with van der Waals surface area (Å²) < 4.78 is 10.0. The van der Waals surface area contributed by atoms with Gasteiger partial charge >= 0.3 is 12.1 Å². The number of hydrogen-bond acceptors (Lipinski definition) is 6. The highest BCUT2D eigenvalue weighted by molar-refractivity contribution is 9.09. The van der Waals surface area contributed by atoms with Crippen LogP contribution in [0.5, 0.6) is 0 Å². The molecule has 19 heavy (non-hydrogen) atoms. The largest absolute Gasteiger partial charge is 0.465 e. The lowest BCUT2D eigenvalue weighted by Crippen LogP contribution is -2.35. The number of nitrogens with one attached hydrogen (secondary N) is 1. The summed E-state index contributed by atoms with van der Waals surface area (Å²) in [6.45, 7) is 7.35. The van der Waals surface area contributed by atoms with Gasteiger partial charge in [-0.2, -0.15) is 0 Å². The van der Waals surface area contributed by atoms with E-state index in [9.17, 15) is 9.59 Å². The molecule has 0 bridgehead atoms. The highest BCUT2D eigenvalue weighted by Gasteiger charge is 2.36. The second-order valence-corrected chi connectivity index (χ2v) is 6.79. The van der Waals surface area contributed by atoms with Gasteiger partial charge in [0.2, 0.25) is 0 Å². The van der Waals surface area contributed by atoms with Gasteiger partial charge in [0, 0.05) is 0 Å². The Labute approximate surface area is 124 Å². The number of rotatable bonds is 2. The lowest BCUT2D eigenvalue weighted by atomic mass is 10.2. The fourth-order valence-corrected chi connectivity index (χ4v) is 3.00. The molecule has 2 unspecified atom stereocenters. The van der Waals surface area contributed by atoms with E-state index in [0.717, 1.165) is 11.8 Å². The third-order valence-corrected chi connectivity index (χ3v) is 4.07. The maximum atomic E-state index is 11.6. The van der Waals surface area contributed by atoms with Gasteiger partial charge < -0.3 is 9.47 Å². The smallest absolute Gasteiger partial charge is 0.413 e. The number of thioether (sulfide) groups is 1. The highest BCUT2D eigenvalue weighted by atomic mass is 79.9. The van der Waals surface area contributed by atoms with Crippen LogP contribution in [0.15, 0.2) is 4.99 Å². The molecule has 6 nitrogen and oxygen atoms in total. The number of amides is 1. The Balaban J connectivity index is 2.52. The number of ether oxygens (including phenoxy) is 2. The Morgan fingerprint density at radius 2 is 2.11 bits per heavy atom. The fourth-order valence-electron chi connectivity index (χ4n) is 1.22. The van der Waals surface area contributed by atoms with Crippen molar-refractivity contribution in [2.45, 2.75) is 43.5 Å². The van der Waals surface area contributed by atoms with Crippen molar-refractivity contribution in [3.63, 3.8) is 0 Å². The van der Waals surface area contributed by atoms with Crippen molar-refractivity contribution in [2.75, 3.05) is 6.61 Å². The van der Waals surface area contributed by atoms with Crippen LogP contribution in [-0.4, -0.2) is 39.6 Å². The highest BCUT2D eigenvalue weighted by Crippen LogP contribution is 2.30. The lowest BCUT2D eigenvalue weighted by molar-refractivity contribution is -0.142. The molecule has 0 radical (unpaired) electrons. The predicted molar refractivity (Wildman–Crippen MR) is 77.5 cm³/mol. The van der Waals surface area contributed by atoms with Crippen LogP contribution in [0.4, 0.5) is 4.79 Å². The number of carbonyl (C=O) groups is 2. The zero-order chi connectivity index (χ0) is 14.6. The van der Waals surface area contributed by atoms with E-state index in [-0.39, 0.29) is 5.97 Å². The third-order valence-electron chi connectivity index (χ3n) is 1.86. The quantitative estimate of drug-likeness (QED) is 0.468. The molecule has 1 N–H and O–H groups in total. The first-order valence-corrected chi connectivity index (χ1v) is 7.57. The molecule has 8 heteroatoms. The van der Waals surface area contributed by atoms with Crippen LogP contribution < -0.4 is 5.32 Å². The Hall–Kier alpha value is -0.760. The zero-order valence-electron chi connectivity index (χ0n) is 11.2. The van der Waals surface area contributed by atoms with E-state index in [1.54, 1.807) is 27.7 Å². The van der Waals surface area contributed by atoms with Crippen LogP contribution in [0, 0.1) is 0 Å². The van der Waals surface area contributed by atoms with Crippen LogP contribution in [0.25, 0.3) is 0 Å². The van der Waals surface area contributed by atoms with Gasteiger partial charge in [-0.25, -0.2) is 9.79 Å². The second kappa shape index (κ2) is 6.60. The van der Waals surface area contributed by atoms with Crippen LogP contribution in [0.3, 0.4) is 0 Å². The van der Waals surface area contributed by atoms with Gasteiger partial charge in [0.1, 0.15) is 15.8 Å². The molecule has 2 atom stereocenters. The summed E-state index contributed by atoms with van der Waals surface area (Å²) in [5.41, 5.74) is -0.581. The Kier molecular flexibility index (Phi) is 5.66. The van der Waals surface area contributed by atoms with Gasteiger partial charge in [-0.15, -0.1) is 0 Å². The van der Waals surface area contributed by atoms with Gasteiger partial charge in [0.25, 0.3) is 0 Å². The number of nitrogens with zero attached hydrogens (tertiary/aromatic N) is 1. The van der Waals surface area contributed by atoms with Gasteiger partial charge in [-0.05, 0) is 27.7 Å². The average Bonchev–Trinajstić information content (AvgIpc) is 2.56. The number of carbonyl (C=O) groups excluding carboxylic acids is 2. The maximum absolute atomic E-state index is 11.6. The molecule has 0 aromatic heterocycles. The number of alkyl carbamates (subject to hydrolysis) is 1. The van der Waals surface area contributed by atoms with E-state index in [0.29, 0.717) is 11.8 Å². The van der Waals surface area contributed by atoms with Crippen LogP contribution >= 0.6 is 27.7 Å². The van der Waals surface area contributed by atoms with E-state index in [4.69, 9.17) is 9.47 Å². The van der Waals surface area contributed by atoms with Gasteiger partial charge in [-0.1, -0.05) is 27.7 Å². The number of halogens is 1. The van der Waals surface area contributed by atoms with Crippen LogP contribution in [0.1, 0.15) is 27.7 Å². The first-order valence-electron chi connectivity index (χ1n) is 5.78. The summed E-state index contributed by atoms with van der Waals surface area (Å²) in [7, 11) is 0. The summed E-state index contributed by atoms with van der Waals surface area (Å²) in [4.78, 5) is 26.9. The molecule has 0 saturated heterocycles. The molecule has 1 aliphatic heterocycles. The maximum Gasteiger partial charge on any atom is 0.413 e. The first kappa shape index (κ1) is 16.3. The fraction of sp³-hybridized carbons (Fsp3) is 0.727. The second-order valence-electron chi connectivity index (χ2n) is 4.72. The number of aliphatic imine (C=N–C) groups is 1. The van der Waals surface area contributed by atoms with Crippen molar-refractivity contribution >= 4 is 44.9 Å². The first-order chi connectivity index (χ1) is 8.73. The number of esters is 1. The molecule has 0 aromatic rings. The van der Waals surface area contributed by atoms with Crippen LogP contribution in [-0.2, 0) is 14.3 Å². The standard InChI is InChI=1S/C11H17BrN2O4S/c1-5-17-8(15)6-7(12)13-9(19-6)14-10(16)18-11(2,3)4/h6-7H,5H2,1-4H3,(H,13,14,16). The van der Waals surface area contributed by atoms with E-state index >= 15 is 0 Å². The molecule has 108 valence electrons. The van der Waals surface area contributed by atoms with Gasteiger partial charge in [0.15, 0.2) is 5.17 Å². The van der Waals surface area contributed by atoms with Crippen molar-refractivity contribution in [3.8, 4) is 0 Å². The normalized spacial score (nSPS) is 22.7. The van der Waals surface area contributed by atoms with Crippen molar-refractivity contribution in [2.24, 2.45) is 4.99 Å². The van der Waals surface area contributed by atoms with Gasteiger partial charge in [-0.3, -0.25) is 10.1 Å². The van der Waals surface area contributed by atoms with E-state index in [1.807, 2.05) is 0 Å². The minimum absolute atomic E-state index is 0.310. The number of alkyl halides is 1. The van der Waals surface area contributed by atoms with Crippen molar-refractivity contribution < 1.29 is 19.1 Å². The molecule has 0 aromatic carbocycles. The number of hydrogen-bond donors (Lipinski definition) is 1. The van der Waals surface area contributed by atoms with E-state index < -0.39 is 21.9 Å². The third kappa shape index (κ3) is 5.40. The minimum atomic E-state index is -0.594. The van der Waals surface area contributed by atoms with E-state index in [1.165, 1.54) is 0 Å². The molecule has 1 aliphatic rings. The summed E-state index contributed by atoms with van der Waals surface area (Å²) >= 11 is 4.40. The summed E-state index contributed by atoms with van der Waals surface area (Å²) in [6, 6.07) is 0. The Bertz CT molecular complexity index is 395. The Morgan fingerprint density at radius 3 is 2.63 bits per heavy atom. The van der Waals surface area contributed by atoms with E-state index in [2.05, 4.69) is 26.2 Å². The monoisotopic (exact) mass is 352 g/mol. The molecule has 1 amide bonds. The molecule has 0 saturated carbocycles. The van der Waals surface area contributed by atoms with Gasteiger partial charge in [0.05, 0.1) is 6.61 Å². The van der Waals surface area contributed by atoms with Crippen molar-refractivity contribution in [1.29, 1.82) is 0 Å². The Morgan fingerprint density at radius 1 is 1.47 bits per heavy atom. The van der Waals surface area contributed by atoms with Crippen LogP contribution in [0.2, 0.25) is 0 Å². The summed E-state index contributed by atoms with van der Waals surface area (Å²) in [6.07, 6.45) is -0.594. The lowest BCUT2D eigenvalue weighted by Gasteiger charge is -2.19. The van der Waals surface area contributed by atoms with Crippen molar-refractivity contribution in [3.05, 3.63) is 0 Å². The topological polar surface area (TPSA) is 77.0 Å². The molecule has 1 heterocycles. The number of amidine groups is 1. The molecule has 1 rings (SSSR count). The predicted octanol–water partition coefficient (Wildman–Crippen LogP) is 2.27. The summed E-state index contributed by atoms with van der Waals surface area (Å²) in [5.74, 6) is -0.362. The minimum Gasteiger partial charge on any atom is -0.465 e.